The summed E-state index contributed by atoms with van der Waals surface area (Å²) in [7, 11) is 3.09. The zero-order valence-corrected chi connectivity index (χ0v) is 16.2. The van der Waals surface area contributed by atoms with Gasteiger partial charge in [0.15, 0.2) is 0 Å². The number of rotatable bonds is 13. The summed E-state index contributed by atoms with van der Waals surface area (Å²) in [5.41, 5.74) is 1.09. The fourth-order valence-electron chi connectivity index (χ4n) is 2.80. The van der Waals surface area contributed by atoms with Crippen LogP contribution in [-0.2, 0) is 20.8 Å². The van der Waals surface area contributed by atoms with Gasteiger partial charge in [0.1, 0.15) is 24.5 Å². The Bertz CT molecular complexity index is 644. The van der Waals surface area contributed by atoms with Gasteiger partial charge in [-0.1, -0.05) is 31.4 Å². The monoisotopic (exact) mass is 375 g/mol. The molecule has 0 amide bonds. The van der Waals surface area contributed by atoms with E-state index in [2.05, 4.69) is 14.8 Å². The second-order valence-electron chi connectivity index (χ2n) is 6.34. The van der Waals surface area contributed by atoms with E-state index >= 15 is 0 Å². The van der Waals surface area contributed by atoms with Gasteiger partial charge in [0.05, 0.1) is 20.8 Å². The van der Waals surface area contributed by atoms with Crippen LogP contribution in [0.3, 0.4) is 0 Å². The SMILES string of the molecule is COC(=O)CCCCCCCOC(Cn1cncn1)c1ccc(OC)cc1. The van der Waals surface area contributed by atoms with E-state index in [1.54, 1.807) is 18.1 Å². The molecule has 1 aromatic heterocycles. The molecule has 0 fully saturated rings. The van der Waals surface area contributed by atoms with Crippen molar-refractivity contribution < 1.29 is 19.0 Å². The molecule has 1 unspecified atom stereocenters. The number of benzene rings is 1. The second kappa shape index (κ2) is 12.1. The molecule has 1 aromatic carbocycles. The number of nitrogens with zero attached hydrogens (tertiary/aromatic N) is 3. The van der Waals surface area contributed by atoms with Crippen LogP contribution in [0.1, 0.15) is 50.2 Å². The highest BCUT2D eigenvalue weighted by molar-refractivity contribution is 5.68. The third kappa shape index (κ3) is 7.78. The summed E-state index contributed by atoms with van der Waals surface area (Å²) in [6, 6.07) is 7.92. The Balaban J connectivity index is 1.74. The van der Waals surface area contributed by atoms with Crippen molar-refractivity contribution in [3.63, 3.8) is 0 Å². The summed E-state index contributed by atoms with van der Waals surface area (Å²) in [6.45, 7) is 1.30. The second-order valence-corrected chi connectivity index (χ2v) is 6.34. The molecule has 1 heterocycles. The number of unbranched alkanes of at least 4 members (excludes halogenated alkanes) is 4. The Labute approximate surface area is 160 Å². The zero-order chi connectivity index (χ0) is 19.3. The predicted molar refractivity (Wildman–Crippen MR) is 101 cm³/mol. The molecule has 0 aliphatic rings. The number of hydrogen-bond acceptors (Lipinski definition) is 6. The molecule has 0 saturated carbocycles. The molecule has 27 heavy (non-hydrogen) atoms. The van der Waals surface area contributed by atoms with E-state index in [4.69, 9.17) is 9.47 Å². The van der Waals surface area contributed by atoms with E-state index in [1.807, 2.05) is 24.3 Å². The predicted octanol–water partition coefficient (Wildman–Crippen LogP) is 3.56. The number of carbonyl (C=O) groups excluding carboxylic acids is 1. The molecule has 0 N–H and O–H groups in total. The molecule has 148 valence electrons. The summed E-state index contributed by atoms with van der Waals surface area (Å²) in [6.07, 6.45) is 8.73. The number of carbonyl (C=O) groups is 1. The van der Waals surface area contributed by atoms with Gasteiger partial charge in [-0.15, -0.1) is 0 Å². The molecule has 0 bridgehead atoms. The lowest BCUT2D eigenvalue weighted by molar-refractivity contribution is -0.140. The van der Waals surface area contributed by atoms with Crippen LogP contribution in [0.4, 0.5) is 0 Å². The third-order valence-electron chi connectivity index (χ3n) is 4.38. The van der Waals surface area contributed by atoms with E-state index in [1.165, 1.54) is 13.4 Å². The zero-order valence-electron chi connectivity index (χ0n) is 16.2. The number of methoxy groups -OCH3 is 2. The first-order valence-corrected chi connectivity index (χ1v) is 9.37. The first kappa shape index (κ1) is 20.9. The van der Waals surface area contributed by atoms with Gasteiger partial charge in [0.2, 0.25) is 0 Å². The minimum atomic E-state index is -0.131. The number of hydrogen-bond donors (Lipinski definition) is 0. The van der Waals surface area contributed by atoms with E-state index in [-0.39, 0.29) is 12.1 Å². The van der Waals surface area contributed by atoms with Crippen LogP contribution in [0, 0.1) is 0 Å². The lowest BCUT2D eigenvalue weighted by Gasteiger charge is -2.18. The molecule has 1 atom stereocenters. The van der Waals surface area contributed by atoms with E-state index in [0.29, 0.717) is 19.6 Å². The first-order valence-electron chi connectivity index (χ1n) is 9.37. The van der Waals surface area contributed by atoms with Crippen molar-refractivity contribution in [3.8, 4) is 5.75 Å². The highest BCUT2D eigenvalue weighted by atomic mass is 16.5. The standard InChI is InChI=1S/C20H29N3O4/c1-25-18-11-9-17(10-12-18)19(14-23-16-21-15-22-23)27-13-7-5-3-4-6-8-20(24)26-2/h9-12,15-16,19H,3-8,13-14H2,1-2H3. The Morgan fingerprint density at radius 2 is 1.81 bits per heavy atom. The van der Waals surface area contributed by atoms with Crippen LogP contribution in [0.5, 0.6) is 5.75 Å². The topological polar surface area (TPSA) is 75.5 Å². The molecule has 2 rings (SSSR count). The largest absolute Gasteiger partial charge is 0.497 e. The summed E-state index contributed by atoms with van der Waals surface area (Å²) in [5.74, 6) is 0.694. The van der Waals surface area contributed by atoms with Crippen LogP contribution in [0.25, 0.3) is 0 Å². The van der Waals surface area contributed by atoms with Crippen molar-refractivity contribution in [2.24, 2.45) is 0 Å². The van der Waals surface area contributed by atoms with Gasteiger partial charge in [-0.05, 0) is 30.5 Å². The minimum Gasteiger partial charge on any atom is -0.497 e. The maximum Gasteiger partial charge on any atom is 0.305 e. The molecule has 0 spiro atoms. The Kier molecular flexibility index (Phi) is 9.34. The van der Waals surface area contributed by atoms with Crippen LogP contribution in [0.2, 0.25) is 0 Å². The van der Waals surface area contributed by atoms with E-state index < -0.39 is 0 Å². The van der Waals surface area contributed by atoms with Crippen molar-refractivity contribution in [1.82, 2.24) is 14.8 Å². The molecular formula is C20H29N3O4. The summed E-state index contributed by atoms with van der Waals surface area (Å²) >= 11 is 0. The Hall–Kier alpha value is -2.41. The summed E-state index contributed by atoms with van der Waals surface area (Å²) < 4.78 is 17.8. The van der Waals surface area contributed by atoms with Crippen molar-refractivity contribution in [2.45, 2.75) is 51.2 Å². The van der Waals surface area contributed by atoms with Gasteiger partial charge in [-0.25, -0.2) is 4.98 Å². The number of esters is 1. The molecular weight excluding hydrogens is 346 g/mol. The normalized spacial score (nSPS) is 11.9. The smallest absolute Gasteiger partial charge is 0.305 e. The quantitative estimate of drug-likeness (QED) is 0.394. The van der Waals surface area contributed by atoms with Gasteiger partial charge in [-0.3, -0.25) is 9.48 Å². The summed E-state index contributed by atoms with van der Waals surface area (Å²) in [5, 5.41) is 4.18. The van der Waals surface area contributed by atoms with Crippen molar-refractivity contribution in [1.29, 1.82) is 0 Å². The molecule has 0 saturated heterocycles. The highest BCUT2D eigenvalue weighted by Gasteiger charge is 2.13. The van der Waals surface area contributed by atoms with Crippen LogP contribution in [-0.4, -0.2) is 41.6 Å². The maximum atomic E-state index is 11.1. The van der Waals surface area contributed by atoms with Gasteiger partial charge in [-0.2, -0.15) is 5.10 Å². The lowest BCUT2D eigenvalue weighted by Crippen LogP contribution is -2.14. The molecule has 0 aliphatic heterocycles. The average Bonchev–Trinajstić information content (AvgIpc) is 3.22. The molecule has 7 nitrogen and oxygen atoms in total. The molecule has 7 heteroatoms. The third-order valence-corrected chi connectivity index (χ3v) is 4.38. The number of aromatic nitrogens is 3. The fraction of sp³-hybridized carbons (Fsp3) is 0.550. The fourth-order valence-corrected chi connectivity index (χ4v) is 2.80. The highest BCUT2D eigenvalue weighted by Crippen LogP contribution is 2.23. The van der Waals surface area contributed by atoms with Crippen molar-refractivity contribution in [3.05, 3.63) is 42.5 Å². The van der Waals surface area contributed by atoms with Gasteiger partial charge in [0, 0.05) is 13.0 Å². The van der Waals surface area contributed by atoms with Crippen molar-refractivity contribution >= 4 is 5.97 Å². The van der Waals surface area contributed by atoms with E-state index in [9.17, 15) is 4.79 Å². The molecule has 2 aromatic rings. The molecule has 0 radical (unpaired) electrons. The lowest BCUT2D eigenvalue weighted by atomic mass is 10.1. The first-order chi connectivity index (χ1) is 13.2. The summed E-state index contributed by atoms with van der Waals surface area (Å²) in [4.78, 5) is 15.1. The Morgan fingerprint density at radius 1 is 1.07 bits per heavy atom. The maximum absolute atomic E-state index is 11.1. The Morgan fingerprint density at radius 3 is 2.48 bits per heavy atom. The van der Waals surface area contributed by atoms with Crippen molar-refractivity contribution in [2.75, 3.05) is 20.8 Å². The average molecular weight is 375 g/mol. The number of ether oxygens (including phenoxy) is 3. The van der Waals surface area contributed by atoms with Gasteiger partial charge in [0.25, 0.3) is 0 Å². The van der Waals surface area contributed by atoms with Crippen LogP contribution < -0.4 is 4.74 Å². The van der Waals surface area contributed by atoms with E-state index in [0.717, 1.165) is 43.4 Å². The van der Waals surface area contributed by atoms with Gasteiger partial charge >= 0.3 is 5.97 Å². The molecule has 0 aliphatic carbocycles. The van der Waals surface area contributed by atoms with Crippen LogP contribution in [0.15, 0.2) is 36.9 Å². The minimum absolute atomic E-state index is 0.0862. The van der Waals surface area contributed by atoms with Gasteiger partial charge < -0.3 is 14.2 Å². The van der Waals surface area contributed by atoms with Crippen LogP contribution >= 0.6 is 0 Å².